The molecule has 2 fully saturated rings. The first kappa shape index (κ1) is 32.0. The van der Waals surface area contributed by atoms with Gasteiger partial charge in [0.25, 0.3) is 0 Å². The van der Waals surface area contributed by atoms with E-state index in [9.17, 15) is 28.2 Å². The second-order valence-corrected chi connectivity index (χ2v) is 12.4. The molecule has 3 heterocycles. The first-order valence-electron chi connectivity index (χ1n) is 15.6. The number of halogens is 3. The van der Waals surface area contributed by atoms with Gasteiger partial charge in [-0.1, -0.05) is 49.4 Å². The summed E-state index contributed by atoms with van der Waals surface area (Å²) in [5, 5.41) is 27.8. The summed E-state index contributed by atoms with van der Waals surface area (Å²) in [6, 6.07) is 12.4. The number of hydrogen-bond acceptors (Lipinski definition) is 9. The Hall–Kier alpha value is -4.01. The standard InChI is InChI=1S/C32H39F3N8O3/c1-4-13-42(30(46)32(33,34)35)23-15-24(27(45)26(23)44)43-18-37-25-28(36-16-20-10-7-9-19-8-5-6-11-22(19)20)38-31(39-29(25)43)41-14-12-21(17-41)40(2)3/h5-11,18,21,23-24,26-27,44-45H,4,12-17H2,1-3H3,(H,36,38,39)/t21-,23+,24-,26-,27+/m1/s1. The number of aliphatic hydroxyl groups excluding tert-OH is 2. The normalized spacial score (nSPS) is 23.6. The number of rotatable bonds is 9. The molecule has 5 atom stereocenters. The summed E-state index contributed by atoms with van der Waals surface area (Å²) in [4.78, 5) is 31.5. The highest BCUT2D eigenvalue weighted by Gasteiger charge is 2.51. The smallest absolute Gasteiger partial charge is 0.388 e. The van der Waals surface area contributed by atoms with Crippen LogP contribution in [0.4, 0.5) is 24.9 Å². The number of likely N-dealkylation sites (N-methyl/N-ethyl adjacent to an activating group) is 1. The van der Waals surface area contributed by atoms with E-state index in [1.165, 1.54) is 6.33 Å². The molecule has 3 N–H and O–H groups in total. The van der Waals surface area contributed by atoms with Crippen LogP contribution in [0.1, 0.15) is 37.8 Å². The Kier molecular flexibility index (Phi) is 8.79. The second kappa shape index (κ2) is 12.6. The lowest BCUT2D eigenvalue weighted by molar-refractivity contribution is -0.190. The second-order valence-electron chi connectivity index (χ2n) is 12.4. The minimum absolute atomic E-state index is 0.111. The first-order valence-corrected chi connectivity index (χ1v) is 15.6. The number of imidazole rings is 1. The van der Waals surface area contributed by atoms with E-state index in [4.69, 9.17) is 9.97 Å². The molecule has 14 heteroatoms. The number of aliphatic hydroxyl groups is 2. The summed E-state index contributed by atoms with van der Waals surface area (Å²) < 4.78 is 42.1. The third-order valence-electron chi connectivity index (χ3n) is 9.26. The number of carbonyl (C=O) groups excluding carboxylic acids is 1. The van der Waals surface area contributed by atoms with Gasteiger partial charge in [0.15, 0.2) is 17.0 Å². The number of hydrogen-bond donors (Lipinski definition) is 3. The quantitative estimate of drug-likeness (QED) is 0.252. The number of fused-ring (bicyclic) bond motifs is 2. The van der Waals surface area contributed by atoms with Crippen molar-refractivity contribution in [1.29, 1.82) is 0 Å². The van der Waals surface area contributed by atoms with Gasteiger partial charge in [0.2, 0.25) is 5.95 Å². The van der Waals surface area contributed by atoms with E-state index in [0.717, 1.165) is 29.3 Å². The van der Waals surface area contributed by atoms with Crippen LogP contribution in [0.3, 0.4) is 0 Å². The predicted molar refractivity (Wildman–Crippen MR) is 168 cm³/mol. The molecule has 0 radical (unpaired) electrons. The van der Waals surface area contributed by atoms with Crippen molar-refractivity contribution in [2.45, 2.75) is 69.2 Å². The Bertz CT molecular complexity index is 1710. The molecule has 4 aromatic rings. The number of aromatic nitrogens is 4. The minimum Gasteiger partial charge on any atom is -0.388 e. The Balaban J connectivity index is 1.37. The Morgan fingerprint density at radius 1 is 1.09 bits per heavy atom. The van der Waals surface area contributed by atoms with E-state index in [2.05, 4.69) is 38.3 Å². The predicted octanol–water partition coefficient (Wildman–Crippen LogP) is 3.57. The van der Waals surface area contributed by atoms with Gasteiger partial charge in [-0.05, 0) is 49.7 Å². The molecule has 1 saturated heterocycles. The number of carbonyl (C=O) groups is 1. The summed E-state index contributed by atoms with van der Waals surface area (Å²) in [6.07, 6.45) is -5.62. The van der Waals surface area contributed by atoms with Crippen molar-refractivity contribution in [1.82, 2.24) is 29.3 Å². The van der Waals surface area contributed by atoms with Crippen LogP contribution in [0.15, 0.2) is 48.8 Å². The third kappa shape index (κ3) is 5.96. The Labute approximate surface area is 264 Å². The van der Waals surface area contributed by atoms with Crippen LogP contribution in [0.5, 0.6) is 0 Å². The summed E-state index contributed by atoms with van der Waals surface area (Å²) in [6.45, 7) is 3.32. The van der Waals surface area contributed by atoms with E-state index in [0.29, 0.717) is 47.0 Å². The molecular formula is C32H39F3N8O3. The van der Waals surface area contributed by atoms with E-state index >= 15 is 0 Å². The molecule has 2 aliphatic rings. The van der Waals surface area contributed by atoms with Gasteiger partial charge in [0.05, 0.1) is 18.4 Å². The summed E-state index contributed by atoms with van der Waals surface area (Å²) in [5.74, 6) is -1.09. The maximum absolute atomic E-state index is 13.5. The largest absolute Gasteiger partial charge is 0.471 e. The van der Waals surface area contributed by atoms with Crippen LogP contribution >= 0.6 is 0 Å². The lowest BCUT2D eigenvalue weighted by Crippen LogP contribution is -2.51. The van der Waals surface area contributed by atoms with Gasteiger partial charge in [0.1, 0.15) is 12.2 Å². The molecule has 0 bridgehead atoms. The molecule has 0 unspecified atom stereocenters. The van der Waals surface area contributed by atoms with E-state index in [1.54, 1.807) is 11.5 Å². The van der Waals surface area contributed by atoms with Gasteiger partial charge in [-0.15, -0.1) is 0 Å². The number of alkyl halides is 3. The van der Waals surface area contributed by atoms with E-state index < -0.39 is 36.4 Å². The van der Waals surface area contributed by atoms with Crippen molar-refractivity contribution in [3.05, 3.63) is 54.4 Å². The monoisotopic (exact) mass is 640 g/mol. The van der Waals surface area contributed by atoms with Crippen LogP contribution in [0.25, 0.3) is 21.9 Å². The van der Waals surface area contributed by atoms with Crippen molar-refractivity contribution in [3.8, 4) is 0 Å². The zero-order chi connectivity index (χ0) is 32.7. The molecule has 2 aromatic carbocycles. The molecule has 2 aromatic heterocycles. The average molecular weight is 641 g/mol. The van der Waals surface area contributed by atoms with Gasteiger partial charge >= 0.3 is 12.1 Å². The van der Waals surface area contributed by atoms with Crippen LogP contribution in [-0.4, -0.2) is 110 Å². The Morgan fingerprint density at radius 3 is 2.57 bits per heavy atom. The van der Waals surface area contributed by atoms with Crippen molar-refractivity contribution < 1.29 is 28.2 Å². The lowest BCUT2D eigenvalue weighted by Gasteiger charge is -2.31. The van der Waals surface area contributed by atoms with Gasteiger partial charge < -0.3 is 34.8 Å². The van der Waals surface area contributed by atoms with Crippen LogP contribution in [0, 0.1) is 0 Å². The average Bonchev–Trinajstić information content (AvgIpc) is 3.76. The fraction of sp³-hybridized carbons (Fsp3) is 0.500. The number of amides is 1. The number of nitrogens with zero attached hydrogens (tertiary/aromatic N) is 7. The van der Waals surface area contributed by atoms with Crippen LogP contribution < -0.4 is 10.2 Å². The molecular weight excluding hydrogens is 601 g/mol. The number of nitrogens with one attached hydrogen (secondary N) is 1. The zero-order valence-electron chi connectivity index (χ0n) is 26.0. The minimum atomic E-state index is -5.10. The molecule has 246 valence electrons. The fourth-order valence-corrected chi connectivity index (χ4v) is 6.78. The molecule has 1 amide bonds. The molecule has 1 saturated carbocycles. The van der Waals surface area contributed by atoms with E-state index in [-0.39, 0.29) is 19.4 Å². The highest BCUT2D eigenvalue weighted by molar-refractivity contribution is 5.87. The molecule has 0 spiro atoms. The van der Waals surface area contributed by atoms with E-state index in [1.807, 2.05) is 38.4 Å². The lowest BCUT2D eigenvalue weighted by atomic mass is 10.0. The molecule has 1 aliphatic heterocycles. The fourth-order valence-electron chi connectivity index (χ4n) is 6.78. The van der Waals surface area contributed by atoms with Crippen molar-refractivity contribution in [2.24, 2.45) is 0 Å². The topological polar surface area (TPSA) is 123 Å². The maximum Gasteiger partial charge on any atom is 0.471 e. The first-order chi connectivity index (χ1) is 22.0. The molecule has 6 rings (SSSR count). The summed E-state index contributed by atoms with van der Waals surface area (Å²) >= 11 is 0. The highest BCUT2D eigenvalue weighted by atomic mass is 19.4. The number of benzene rings is 2. The number of anilines is 2. The third-order valence-corrected chi connectivity index (χ3v) is 9.26. The van der Waals surface area contributed by atoms with Crippen molar-refractivity contribution in [2.75, 3.05) is 43.9 Å². The van der Waals surface area contributed by atoms with Gasteiger partial charge in [-0.25, -0.2) is 4.98 Å². The molecule has 1 aliphatic carbocycles. The Morgan fingerprint density at radius 2 is 1.85 bits per heavy atom. The maximum atomic E-state index is 13.5. The summed E-state index contributed by atoms with van der Waals surface area (Å²) in [7, 11) is 4.05. The van der Waals surface area contributed by atoms with Gasteiger partial charge in [-0.3, -0.25) is 4.79 Å². The highest BCUT2D eigenvalue weighted by Crippen LogP contribution is 2.38. The van der Waals surface area contributed by atoms with Crippen molar-refractivity contribution >= 4 is 39.6 Å². The van der Waals surface area contributed by atoms with Gasteiger partial charge in [0, 0.05) is 32.2 Å². The van der Waals surface area contributed by atoms with Crippen LogP contribution in [-0.2, 0) is 11.3 Å². The van der Waals surface area contributed by atoms with Crippen LogP contribution in [0.2, 0.25) is 0 Å². The van der Waals surface area contributed by atoms with Gasteiger partial charge in [-0.2, -0.15) is 23.1 Å². The summed E-state index contributed by atoms with van der Waals surface area (Å²) in [5.41, 5.74) is 1.86. The van der Waals surface area contributed by atoms with Crippen molar-refractivity contribution in [3.63, 3.8) is 0 Å². The molecule has 11 nitrogen and oxygen atoms in total. The molecule has 46 heavy (non-hydrogen) atoms. The zero-order valence-corrected chi connectivity index (χ0v) is 26.0. The SMILES string of the molecule is CCCN(C(=O)C(F)(F)F)[C@H]1C[C@@H](n2cnc3c(NCc4cccc5ccccc45)nc(N4CC[C@@H](N(C)C)C4)nc32)[C@H](O)[C@@H]1O.